The van der Waals surface area contributed by atoms with E-state index < -0.39 is 5.97 Å². The van der Waals surface area contributed by atoms with Gasteiger partial charge in [-0.3, -0.25) is 4.79 Å². The minimum absolute atomic E-state index is 0. The van der Waals surface area contributed by atoms with Crippen LogP contribution in [0.3, 0.4) is 0 Å². The molecule has 0 bridgehead atoms. The van der Waals surface area contributed by atoms with E-state index in [9.17, 15) is 4.79 Å². The number of aliphatic carboxylic acids is 1. The van der Waals surface area contributed by atoms with Gasteiger partial charge < -0.3 is 22.2 Å². The molecule has 0 amide bonds. The van der Waals surface area contributed by atoms with Crippen molar-refractivity contribution in [1.29, 1.82) is 0 Å². The van der Waals surface area contributed by atoms with Crippen molar-refractivity contribution < 1.29 is 27.0 Å². The normalized spacial score (nSPS) is 16.3. The van der Waals surface area contributed by atoms with Crippen LogP contribution in [0.15, 0.2) is 60.7 Å². The Hall–Kier alpha value is -2.05. The van der Waals surface area contributed by atoms with Crippen molar-refractivity contribution in [2.24, 2.45) is 5.92 Å². The molecule has 0 saturated heterocycles. The molecule has 6 heteroatoms. The average molecular weight is 503 g/mol. The summed E-state index contributed by atoms with van der Waals surface area (Å²) in [4.78, 5) is 11.1. The fourth-order valence-electron chi connectivity index (χ4n) is 4.46. The molecule has 5 nitrogen and oxygen atoms in total. The van der Waals surface area contributed by atoms with Crippen LogP contribution in [0.5, 0.6) is 11.5 Å². The smallest absolute Gasteiger partial charge is 1.00 e. The van der Waals surface area contributed by atoms with Gasteiger partial charge in [0.05, 0.1) is 12.5 Å². The molecule has 3 aromatic carbocycles. The third-order valence-corrected chi connectivity index (χ3v) is 6.24. The van der Waals surface area contributed by atoms with Crippen LogP contribution >= 0.6 is 0 Å². The maximum absolute atomic E-state index is 11.1. The topological polar surface area (TPSA) is 65.0 Å². The molecule has 0 spiro atoms. The fraction of sp³-hybridized carbons (Fsp3) is 0.345. The minimum Gasteiger partial charge on any atom is -1.00 e. The SMILES string of the molecule is CCOCCOc1cc(C)c(-c2cccc(COc3ccc(C4CC4C(=O)O)cc3)c2)c(C)c1.[Ca+2].[H-].[H-]. The van der Waals surface area contributed by atoms with E-state index in [1.165, 1.54) is 16.7 Å². The van der Waals surface area contributed by atoms with E-state index in [0.717, 1.165) is 34.6 Å². The second-order valence-corrected chi connectivity index (χ2v) is 8.82. The first-order valence-electron chi connectivity index (χ1n) is 11.8. The molecule has 182 valence electrons. The maximum Gasteiger partial charge on any atom is 2.00 e. The standard InChI is InChI=1S/C29H32O5.Ca.2H/c1-4-32-12-13-33-25-14-19(2)28(20(3)15-25)23-7-5-6-21(16-23)18-34-24-10-8-22(9-11-24)26-17-27(26)29(30)31;;;/h5-11,14-16,26-27H,4,12-13,17-18H2,1-3H3,(H,30,31);;;/q;+2;2*-1. The van der Waals surface area contributed by atoms with Gasteiger partial charge in [0, 0.05) is 6.61 Å². The summed E-state index contributed by atoms with van der Waals surface area (Å²) in [5, 5.41) is 9.12. The molecule has 2 unspecified atom stereocenters. The monoisotopic (exact) mass is 502 g/mol. The zero-order valence-corrected chi connectivity index (χ0v) is 23.0. The van der Waals surface area contributed by atoms with Crippen molar-refractivity contribution in [1.82, 2.24) is 0 Å². The van der Waals surface area contributed by atoms with Crippen LogP contribution in [0.1, 0.15) is 44.4 Å². The average Bonchev–Trinajstić information content (AvgIpc) is 3.62. The van der Waals surface area contributed by atoms with E-state index in [4.69, 9.17) is 19.3 Å². The number of carboxylic acid groups (broad SMARTS) is 1. The molecule has 4 rings (SSSR count). The Labute approximate surface area is 240 Å². The van der Waals surface area contributed by atoms with E-state index in [-0.39, 0.29) is 52.4 Å². The summed E-state index contributed by atoms with van der Waals surface area (Å²) in [6, 6.07) is 20.4. The van der Waals surface area contributed by atoms with E-state index >= 15 is 0 Å². The number of carboxylic acids is 1. The summed E-state index contributed by atoms with van der Waals surface area (Å²) in [6.07, 6.45) is 0.724. The number of carbonyl (C=O) groups is 1. The largest absolute Gasteiger partial charge is 2.00 e. The second kappa shape index (κ2) is 12.8. The first kappa shape index (κ1) is 27.5. The Morgan fingerprint density at radius 3 is 2.31 bits per heavy atom. The molecule has 3 aromatic rings. The van der Waals surface area contributed by atoms with Crippen molar-refractivity contribution >= 4 is 43.7 Å². The fourth-order valence-corrected chi connectivity index (χ4v) is 4.46. The molecule has 0 radical (unpaired) electrons. The molecule has 2 atom stereocenters. The number of hydrogen-bond acceptors (Lipinski definition) is 4. The summed E-state index contributed by atoms with van der Waals surface area (Å²) in [6.45, 7) is 8.48. The third kappa shape index (κ3) is 7.23. The van der Waals surface area contributed by atoms with Crippen molar-refractivity contribution in [3.8, 4) is 22.6 Å². The van der Waals surface area contributed by atoms with Gasteiger partial charge in [-0.25, -0.2) is 0 Å². The van der Waals surface area contributed by atoms with Crippen LogP contribution in [-0.4, -0.2) is 68.6 Å². The number of hydrogen-bond donors (Lipinski definition) is 1. The molecule has 0 aromatic heterocycles. The quantitative estimate of drug-likeness (QED) is 0.257. The zero-order valence-electron chi connectivity index (χ0n) is 22.8. The van der Waals surface area contributed by atoms with Crippen molar-refractivity contribution in [2.75, 3.05) is 19.8 Å². The van der Waals surface area contributed by atoms with Crippen LogP contribution in [0.4, 0.5) is 0 Å². The van der Waals surface area contributed by atoms with Gasteiger partial charge in [0.2, 0.25) is 0 Å². The first-order chi connectivity index (χ1) is 16.5. The number of benzene rings is 3. The Morgan fingerprint density at radius 1 is 0.971 bits per heavy atom. The summed E-state index contributed by atoms with van der Waals surface area (Å²) < 4.78 is 17.2. The van der Waals surface area contributed by atoms with Crippen molar-refractivity contribution in [3.05, 3.63) is 82.9 Å². The summed E-state index contributed by atoms with van der Waals surface area (Å²) in [7, 11) is 0. The number of rotatable bonds is 11. The first-order valence-corrected chi connectivity index (χ1v) is 11.8. The molecule has 0 aliphatic heterocycles. The van der Waals surface area contributed by atoms with Crippen LogP contribution in [-0.2, 0) is 16.1 Å². The van der Waals surface area contributed by atoms with E-state index in [0.29, 0.717) is 26.4 Å². The van der Waals surface area contributed by atoms with Gasteiger partial charge in [0.1, 0.15) is 24.7 Å². The summed E-state index contributed by atoms with van der Waals surface area (Å²) in [5.41, 5.74) is 6.85. The van der Waals surface area contributed by atoms with Gasteiger partial charge >= 0.3 is 43.7 Å². The van der Waals surface area contributed by atoms with Gasteiger partial charge in [0.25, 0.3) is 0 Å². The van der Waals surface area contributed by atoms with Crippen LogP contribution in [0, 0.1) is 19.8 Å². The van der Waals surface area contributed by atoms with Gasteiger partial charge in [-0.1, -0.05) is 30.3 Å². The molecular weight excluding hydrogens is 468 g/mol. The van der Waals surface area contributed by atoms with Gasteiger partial charge in [-0.2, -0.15) is 0 Å². The van der Waals surface area contributed by atoms with Crippen molar-refractivity contribution in [3.63, 3.8) is 0 Å². The zero-order chi connectivity index (χ0) is 24.1. The van der Waals surface area contributed by atoms with E-state index in [2.05, 4.69) is 50.2 Å². The molecule has 1 fully saturated rings. The molecule has 1 N–H and O–H groups in total. The van der Waals surface area contributed by atoms with Gasteiger partial charge in [0.15, 0.2) is 0 Å². The summed E-state index contributed by atoms with van der Waals surface area (Å²) in [5.74, 6) is 0.831. The number of aryl methyl sites for hydroxylation is 2. The Kier molecular flexibility index (Phi) is 10.0. The van der Waals surface area contributed by atoms with Crippen molar-refractivity contribution in [2.45, 2.75) is 39.7 Å². The summed E-state index contributed by atoms with van der Waals surface area (Å²) >= 11 is 0. The second-order valence-electron chi connectivity index (χ2n) is 8.82. The van der Waals surface area contributed by atoms with Gasteiger partial charge in [-0.15, -0.1) is 0 Å². The third-order valence-electron chi connectivity index (χ3n) is 6.24. The molecule has 1 aliphatic rings. The molecule has 1 saturated carbocycles. The minimum atomic E-state index is -0.709. The predicted octanol–water partition coefficient (Wildman–Crippen LogP) is 6.00. The van der Waals surface area contributed by atoms with Crippen LogP contribution < -0.4 is 9.47 Å². The number of ether oxygens (including phenoxy) is 3. The van der Waals surface area contributed by atoms with E-state index in [1.54, 1.807) is 0 Å². The molecule has 35 heavy (non-hydrogen) atoms. The molecule has 0 heterocycles. The maximum atomic E-state index is 11.1. The predicted molar refractivity (Wildman–Crippen MR) is 141 cm³/mol. The molecular formula is C29H34CaO5. The van der Waals surface area contributed by atoms with Crippen LogP contribution in [0.2, 0.25) is 0 Å². The van der Waals surface area contributed by atoms with E-state index in [1.807, 2.05) is 31.2 Å². The van der Waals surface area contributed by atoms with Crippen LogP contribution in [0.25, 0.3) is 11.1 Å². The van der Waals surface area contributed by atoms with Gasteiger partial charge in [-0.05, 0) is 96.8 Å². The Morgan fingerprint density at radius 2 is 1.69 bits per heavy atom. The molecule has 1 aliphatic carbocycles. The Balaban J connectivity index is 0.00000228. The Bertz CT molecular complexity index is 1130.